The average molecular weight is 622 g/mol. The van der Waals surface area contributed by atoms with Gasteiger partial charge in [0.2, 0.25) is 17.6 Å². The van der Waals surface area contributed by atoms with Gasteiger partial charge in [-0.2, -0.15) is 0 Å². The molecule has 3 unspecified atom stereocenters. The minimum atomic E-state index is -1.04. The van der Waals surface area contributed by atoms with Gasteiger partial charge in [0, 0.05) is 13.1 Å². The molecule has 0 bridgehead atoms. The van der Waals surface area contributed by atoms with Crippen molar-refractivity contribution >= 4 is 35.7 Å². The summed E-state index contributed by atoms with van der Waals surface area (Å²) in [5.41, 5.74) is -0.936. The van der Waals surface area contributed by atoms with E-state index in [2.05, 4.69) is 32.6 Å². The van der Waals surface area contributed by atoms with Crippen molar-refractivity contribution in [1.82, 2.24) is 26.2 Å². The summed E-state index contributed by atoms with van der Waals surface area (Å²) in [6.45, 7) is 18.9. The topological polar surface area (TPSA) is 172 Å². The second kappa shape index (κ2) is 14.9. The van der Waals surface area contributed by atoms with Crippen molar-refractivity contribution in [3.05, 3.63) is 12.7 Å². The molecule has 5 amide bonds. The number of rotatable bonds is 14. The maximum Gasteiger partial charge on any atom is 0.508 e. The third kappa shape index (κ3) is 8.72. The number of ketones is 1. The van der Waals surface area contributed by atoms with Gasteiger partial charge in [0.15, 0.2) is 0 Å². The fourth-order valence-electron chi connectivity index (χ4n) is 5.81. The lowest BCUT2D eigenvalue weighted by Gasteiger charge is -2.38. The predicted molar refractivity (Wildman–Crippen MR) is 163 cm³/mol. The molecule has 13 nitrogen and oxygen atoms in total. The maximum absolute atomic E-state index is 14.1. The minimum Gasteiger partial charge on any atom is -0.438 e. The Hall–Kier alpha value is -3.64. The number of amides is 5. The molecule has 248 valence electrons. The molecule has 1 saturated heterocycles. The molecule has 1 saturated carbocycles. The van der Waals surface area contributed by atoms with E-state index in [0.717, 1.165) is 0 Å². The number of urea groups is 1. The Morgan fingerprint density at radius 1 is 1.07 bits per heavy atom. The van der Waals surface area contributed by atoms with Crippen LogP contribution in [0.25, 0.3) is 0 Å². The molecular weight excluding hydrogens is 570 g/mol. The lowest BCUT2D eigenvalue weighted by atomic mass is 9.85. The summed E-state index contributed by atoms with van der Waals surface area (Å²) >= 11 is 0. The first kappa shape index (κ1) is 36.6. The van der Waals surface area contributed by atoms with E-state index in [0.29, 0.717) is 13.0 Å². The molecule has 6 atom stereocenters. The minimum absolute atomic E-state index is 0.0636. The highest BCUT2D eigenvalue weighted by Crippen LogP contribution is 2.65. The number of Topliss-reactive ketones (excluding diaryl/α,β-unsaturated/α-hetero) is 1. The molecule has 0 aromatic heterocycles. The second-order valence-corrected chi connectivity index (χ2v) is 13.6. The van der Waals surface area contributed by atoms with Crippen LogP contribution in [0.2, 0.25) is 0 Å². The molecule has 1 aliphatic carbocycles. The Morgan fingerprint density at radius 2 is 1.70 bits per heavy atom. The van der Waals surface area contributed by atoms with Crippen LogP contribution in [0.4, 0.5) is 9.59 Å². The third-order valence-electron chi connectivity index (χ3n) is 8.66. The number of likely N-dealkylation sites (tertiary alicyclic amines) is 1. The average Bonchev–Trinajstić information content (AvgIpc) is 3.26. The zero-order valence-corrected chi connectivity index (χ0v) is 27.6. The largest absolute Gasteiger partial charge is 0.508 e. The first-order chi connectivity index (χ1) is 20.4. The Morgan fingerprint density at radius 3 is 2.23 bits per heavy atom. The molecule has 1 aliphatic heterocycles. The fourth-order valence-corrected chi connectivity index (χ4v) is 5.81. The lowest BCUT2D eigenvalue weighted by molar-refractivity contribution is -0.145. The second-order valence-electron chi connectivity index (χ2n) is 13.6. The van der Waals surface area contributed by atoms with Crippen molar-refractivity contribution in [2.75, 3.05) is 26.8 Å². The van der Waals surface area contributed by atoms with Crippen LogP contribution in [0, 0.1) is 28.6 Å². The van der Waals surface area contributed by atoms with Gasteiger partial charge in [-0.1, -0.05) is 67.9 Å². The fraction of sp³-hybridized carbons (Fsp3) is 0.742. The number of fused-ring (bicyclic) bond motifs is 1. The number of hydrogen-bond acceptors (Lipinski definition) is 8. The molecule has 44 heavy (non-hydrogen) atoms. The standard InChI is InChI=1S/C31H51N5O8/c1-11-13-19(23(37)26(39)32-14-12-2)33-25(38)22-21-18(31(21,8)9)15-36(22)27(40)24(30(5,6)7)35-28(41)34-20(17(3)4)16-44-29(42)43-10/h12,17-22,24H,2,11,13-16H2,1,3-10H3,(H,32,39)(H,33,38)(H2,34,35,41)/t18?,19?,20-,21?,22+,24-/m1/s1. The van der Waals surface area contributed by atoms with Gasteiger partial charge in [-0.15, -0.1) is 6.58 Å². The van der Waals surface area contributed by atoms with Crippen LogP contribution in [0.5, 0.6) is 0 Å². The van der Waals surface area contributed by atoms with Gasteiger partial charge in [0.05, 0.1) is 19.2 Å². The molecule has 0 spiro atoms. The van der Waals surface area contributed by atoms with E-state index < -0.39 is 65.3 Å². The number of hydrogen-bond donors (Lipinski definition) is 4. The van der Waals surface area contributed by atoms with Crippen LogP contribution < -0.4 is 21.3 Å². The highest BCUT2D eigenvalue weighted by atomic mass is 16.7. The van der Waals surface area contributed by atoms with Crippen LogP contribution in [-0.2, 0) is 28.7 Å². The maximum atomic E-state index is 14.1. The number of nitrogens with one attached hydrogen (secondary N) is 4. The number of nitrogens with zero attached hydrogens (tertiary/aromatic N) is 1. The highest BCUT2D eigenvalue weighted by molar-refractivity contribution is 6.38. The van der Waals surface area contributed by atoms with Crippen LogP contribution in [0.1, 0.15) is 68.2 Å². The Balaban J connectivity index is 2.27. The Bertz CT molecular complexity index is 1110. The van der Waals surface area contributed by atoms with Gasteiger partial charge in [0.1, 0.15) is 18.7 Å². The van der Waals surface area contributed by atoms with Crippen molar-refractivity contribution in [3.63, 3.8) is 0 Å². The van der Waals surface area contributed by atoms with Crippen molar-refractivity contribution in [2.45, 2.75) is 92.4 Å². The molecule has 2 aliphatic rings. The normalized spacial score (nSPS) is 22.0. The molecule has 0 radical (unpaired) electrons. The van der Waals surface area contributed by atoms with Crippen LogP contribution in [0.3, 0.4) is 0 Å². The molecular formula is C31H51N5O8. The van der Waals surface area contributed by atoms with E-state index in [1.54, 1.807) is 0 Å². The zero-order chi connectivity index (χ0) is 33.6. The lowest BCUT2D eigenvalue weighted by Crippen LogP contribution is -2.62. The SMILES string of the molecule is C=CCNC(=O)C(=O)C(CCC)NC(=O)[C@@H]1C2C(CN1C(=O)[C@@H](NC(=O)N[C@H](COC(=O)OC)C(C)C)C(C)(C)C)C2(C)C. The van der Waals surface area contributed by atoms with Crippen molar-refractivity contribution < 1.29 is 38.2 Å². The monoisotopic (exact) mass is 621 g/mol. The Kier molecular flexibility index (Phi) is 12.4. The van der Waals surface area contributed by atoms with Gasteiger partial charge in [-0.3, -0.25) is 19.2 Å². The zero-order valence-electron chi connectivity index (χ0n) is 27.6. The van der Waals surface area contributed by atoms with E-state index in [9.17, 15) is 28.8 Å². The summed E-state index contributed by atoms with van der Waals surface area (Å²) in [4.78, 5) is 79.3. The summed E-state index contributed by atoms with van der Waals surface area (Å²) in [7, 11) is 1.19. The first-order valence-corrected chi connectivity index (χ1v) is 15.2. The Labute approximate surface area is 260 Å². The number of methoxy groups -OCH3 is 1. The van der Waals surface area contributed by atoms with Crippen LogP contribution in [-0.4, -0.2) is 91.6 Å². The van der Waals surface area contributed by atoms with Gasteiger partial charge in [-0.25, -0.2) is 9.59 Å². The summed E-state index contributed by atoms with van der Waals surface area (Å²) < 4.78 is 9.52. The predicted octanol–water partition coefficient (Wildman–Crippen LogP) is 2.15. The van der Waals surface area contributed by atoms with Gasteiger partial charge in [0.25, 0.3) is 5.91 Å². The molecule has 13 heteroatoms. The van der Waals surface area contributed by atoms with Crippen LogP contribution in [0.15, 0.2) is 12.7 Å². The van der Waals surface area contributed by atoms with Gasteiger partial charge >= 0.3 is 12.2 Å². The summed E-state index contributed by atoms with van der Waals surface area (Å²) in [5.74, 6) is -2.68. The first-order valence-electron chi connectivity index (χ1n) is 15.2. The molecule has 2 rings (SSSR count). The number of carbonyl (C=O) groups excluding carboxylic acids is 6. The van der Waals surface area contributed by atoms with Crippen LogP contribution >= 0.6 is 0 Å². The van der Waals surface area contributed by atoms with Crippen molar-refractivity contribution in [2.24, 2.45) is 28.6 Å². The highest BCUT2D eigenvalue weighted by Gasteiger charge is 2.69. The van der Waals surface area contributed by atoms with E-state index in [-0.39, 0.29) is 42.7 Å². The van der Waals surface area contributed by atoms with Crippen molar-refractivity contribution in [1.29, 1.82) is 0 Å². The summed E-state index contributed by atoms with van der Waals surface area (Å²) in [6, 6.07) is -4.11. The number of ether oxygens (including phenoxy) is 2. The summed E-state index contributed by atoms with van der Waals surface area (Å²) in [5, 5.41) is 10.8. The molecule has 1 heterocycles. The van der Waals surface area contributed by atoms with E-state index in [1.165, 1.54) is 18.1 Å². The molecule has 0 aromatic rings. The van der Waals surface area contributed by atoms with E-state index in [1.807, 2.05) is 55.4 Å². The number of piperidine rings is 1. The van der Waals surface area contributed by atoms with Gasteiger partial charge in [-0.05, 0) is 35.0 Å². The third-order valence-corrected chi connectivity index (χ3v) is 8.66. The van der Waals surface area contributed by atoms with E-state index >= 15 is 0 Å². The number of carbonyl (C=O) groups is 6. The summed E-state index contributed by atoms with van der Waals surface area (Å²) in [6.07, 6.45) is 1.38. The molecule has 4 N–H and O–H groups in total. The van der Waals surface area contributed by atoms with Gasteiger partial charge < -0.3 is 35.6 Å². The molecule has 2 fully saturated rings. The smallest absolute Gasteiger partial charge is 0.438 e. The quantitative estimate of drug-likeness (QED) is 0.130. The molecule has 0 aromatic carbocycles. The van der Waals surface area contributed by atoms with Crippen molar-refractivity contribution in [3.8, 4) is 0 Å². The van der Waals surface area contributed by atoms with E-state index in [4.69, 9.17) is 4.74 Å².